The van der Waals surface area contributed by atoms with Gasteiger partial charge in [-0.2, -0.15) is 5.26 Å². The highest BCUT2D eigenvalue weighted by atomic mass is 19.3. The van der Waals surface area contributed by atoms with Gasteiger partial charge in [0, 0.05) is 7.11 Å². The molecular formula is C10H14F2N4O. The molecule has 0 aromatic carbocycles. The van der Waals surface area contributed by atoms with Crippen molar-refractivity contribution in [3.8, 4) is 6.07 Å². The van der Waals surface area contributed by atoms with Crippen LogP contribution in [0.4, 0.5) is 8.78 Å². The number of rotatable bonds is 6. The highest BCUT2D eigenvalue weighted by Gasteiger charge is 2.25. The van der Waals surface area contributed by atoms with Crippen LogP contribution in [0.1, 0.15) is 37.2 Å². The second-order valence-corrected chi connectivity index (χ2v) is 3.52. The Morgan fingerprint density at radius 2 is 2.24 bits per heavy atom. The standard InChI is InChI=1S/C10H14F2N4O/c1-3-7(6-17-2)16-9(10(11)12)8(4-5-13)14-15-16/h7,10H,3-4,6H2,1-2H3. The lowest BCUT2D eigenvalue weighted by Gasteiger charge is -2.16. The molecule has 1 aromatic rings. The molecule has 0 bridgehead atoms. The third-order valence-electron chi connectivity index (χ3n) is 2.43. The van der Waals surface area contributed by atoms with Gasteiger partial charge in [-0.3, -0.25) is 0 Å². The van der Waals surface area contributed by atoms with E-state index in [0.717, 1.165) is 0 Å². The number of alkyl halides is 2. The van der Waals surface area contributed by atoms with E-state index in [2.05, 4.69) is 10.3 Å². The van der Waals surface area contributed by atoms with Crippen LogP contribution in [0, 0.1) is 11.3 Å². The maximum absolute atomic E-state index is 12.9. The van der Waals surface area contributed by atoms with E-state index in [1.807, 2.05) is 6.92 Å². The monoisotopic (exact) mass is 244 g/mol. The summed E-state index contributed by atoms with van der Waals surface area (Å²) in [5.41, 5.74) is -0.243. The zero-order valence-electron chi connectivity index (χ0n) is 9.73. The Kier molecular flexibility index (Phi) is 4.97. The molecule has 1 aromatic heterocycles. The summed E-state index contributed by atoms with van der Waals surface area (Å²) in [6, 6.07) is 1.51. The summed E-state index contributed by atoms with van der Waals surface area (Å²) in [6.07, 6.45) is -2.26. The van der Waals surface area contributed by atoms with Crippen LogP contribution < -0.4 is 0 Å². The van der Waals surface area contributed by atoms with E-state index in [-0.39, 0.29) is 30.5 Å². The molecule has 0 amide bonds. The average molecular weight is 244 g/mol. The second kappa shape index (κ2) is 6.25. The van der Waals surface area contributed by atoms with E-state index in [1.54, 1.807) is 6.07 Å². The van der Waals surface area contributed by atoms with Gasteiger partial charge in [0.1, 0.15) is 11.4 Å². The average Bonchev–Trinajstić information content (AvgIpc) is 2.70. The number of nitrogens with zero attached hydrogens (tertiary/aromatic N) is 4. The Morgan fingerprint density at radius 1 is 1.53 bits per heavy atom. The zero-order chi connectivity index (χ0) is 12.8. The summed E-state index contributed by atoms with van der Waals surface area (Å²) in [5, 5.41) is 15.9. The third-order valence-corrected chi connectivity index (χ3v) is 2.43. The van der Waals surface area contributed by atoms with Gasteiger partial charge in [0.25, 0.3) is 6.43 Å². The van der Waals surface area contributed by atoms with E-state index in [4.69, 9.17) is 10.00 Å². The van der Waals surface area contributed by atoms with E-state index >= 15 is 0 Å². The molecule has 0 N–H and O–H groups in total. The number of nitriles is 1. The summed E-state index contributed by atoms with van der Waals surface area (Å²) < 4.78 is 32.0. The fourth-order valence-electron chi connectivity index (χ4n) is 1.58. The van der Waals surface area contributed by atoms with Crippen LogP contribution in [0.5, 0.6) is 0 Å². The Hall–Kier alpha value is -1.55. The third kappa shape index (κ3) is 2.97. The largest absolute Gasteiger partial charge is 0.382 e. The van der Waals surface area contributed by atoms with Crippen molar-refractivity contribution in [3.05, 3.63) is 11.4 Å². The summed E-state index contributed by atoms with van der Waals surface area (Å²) in [5.74, 6) is 0. The normalized spacial score (nSPS) is 12.7. The minimum absolute atomic E-state index is 0.0389. The first-order valence-electron chi connectivity index (χ1n) is 5.23. The minimum atomic E-state index is -2.70. The summed E-state index contributed by atoms with van der Waals surface area (Å²) >= 11 is 0. The number of halogens is 2. The number of hydrogen-bond acceptors (Lipinski definition) is 4. The smallest absolute Gasteiger partial charge is 0.281 e. The molecule has 0 fully saturated rings. The molecular weight excluding hydrogens is 230 g/mol. The lowest BCUT2D eigenvalue weighted by atomic mass is 10.2. The molecule has 0 saturated carbocycles. The van der Waals surface area contributed by atoms with E-state index in [9.17, 15) is 8.78 Å². The lowest BCUT2D eigenvalue weighted by Crippen LogP contribution is -2.18. The van der Waals surface area contributed by atoms with Crippen molar-refractivity contribution in [3.63, 3.8) is 0 Å². The fourth-order valence-corrected chi connectivity index (χ4v) is 1.58. The highest BCUT2D eigenvalue weighted by Crippen LogP contribution is 2.25. The van der Waals surface area contributed by atoms with Gasteiger partial charge >= 0.3 is 0 Å². The predicted molar refractivity (Wildman–Crippen MR) is 55.5 cm³/mol. The molecule has 0 aliphatic heterocycles. The molecule has 0 radical (unpaired) electrons. The van der Waals surface area contributed by atoms with Gasteiger partial charge in [0.15, 0.2) is 0 Å². The number of aromatic nitrogens is 3. The van der Waals surface area contributed by atoms with Crippen molar-refractivity contribution in [2.45, 2.75) is 32.2 Å². The summed E-state index contributed by atoms with van der Waals surface area (Å²) in [7, 11) is 1.50. The number of methoxy groups -OCH3 is 1. The molecule has 17 heavy (non-hydrogen) atoms. The Labute approximate surface area is 98.0 Å². The highest BCUT2D eigenvalue weighted by molar-refractivity contribution is 5.16. The number of ether oxygens (including phenoxy) is 1. The van der Waals surface area contributed by atoms with Crippen LogP contribution >= 0.6 is 0 Å². The first-order valence-corrected chi connectivity index (χ1v) is 5.23. The predicted octanol–water partition coefficient (Wildman–Crippen LogP) is 1.88. The van der Waals surface area contributed by atoms with Crippen LogP contribution in [0.3, 0.4) is 0 Å². The quantitative estimate of drug-likeness (QED) is 0.766. The van der Waals surface area contributed by atoms with Crippen LogP contribution in [-0.4, -0.2) is 28.7 Å². The molecule has 7 heteroatoms. The van der Waals surface area contributed by atoms with Crippen molar-refractivity contribution in [1.29, 1.82) is 5.26 Å². The summed E-state index contributed by atoms with van der Waals surface area (Å²) in [6.45, 7) is 2.14. The van der Waals surface area contributed by atoms with Gasteiger partial charge < -0.3 is 4.74 Å². The van der Waals surface area contributed by atoms with Gasteiger partial charge in [-0.05, 0) is 6.42 Å². The van der Waals surface area contributed by atoms with Crippen molar-refractivity contribution in [1.82, 2.24) is 15.0 Å². The topological polar surface area (TPSA) is 63.7 Å². The SMILES string of the molecule is CCC(COC)n1nnc(CC#N)c1C(F)F. The first-order chi connectivity index (χ1) is 8.15. The fraction of sp³-hybridized carbons (Fsp3) is 0.700. The molecule has 1 heterocycles. The van der Waals surface area contributed by atoms with Crippen molar-refractivity contribution >= 4 is 0 Å². The molecule has 94 valence electrons. The van der Waals surface area contributed by atoms with Gasteiger partial charge in [-0.15, -0.1) is 5.10 Å². The van der Waals surface area contributed by atoms with Crippen LogP contribution in [-0.2, 0) is 11.2 Å². The lowest BCUT2D eigenvalue weighted by molar-refractivity contribution is 0.114. The number of hydrogen-bond donors (Lipinski definition) is 0. The molecule has 0 saturated heterocycles. The van der Waals surface area contributed by atoms with Crippen molar-refractivity contribution in [2.24, 2.45) is 0 Å². The van der Waals surface area contributed by atoms with Gasteiger partial charge in [0.2, 0.25) is 0 Å². The second-order valence-electron chi connectivity index (χ2n) is 3.52. The van der Waals surface area contributed by atoms with Crippen LogP contribution in [0.2, 0.25) is 0 Å². The van der Waals surface area contributed by atoms with Gasteiger partial charge in [0.05, 0.1) is 25.1 Å². The molecule has 5 nitrogen and oxygen atoms in total. The van der Waals surface area contributed by atoms with Crippen molar-refractivity contribution < 1.29 is 13.5 Å². The van der Waals surface area contributed by atoms with E-state index in [0.29, 0.717) is 6.42 Å². The van der Waals surface area contributed by atoms with E-state index < -0.39 is 6.43 Å². The minimum Gasteiger partial charge on any atom is -0.382 e. The maximum Gasteiger partial charge on any atom is 0.281 e. The van der Waals surface area contributed by atoms with Gasteiger partial charge in [-0.25, -0.2) is 13.5 Å². The summed E-state index contributed by atoms with van der Waals surface area (Å²) in [4.78, 5) is 0. The Balaban J connectivity index is 3.10. The molecule has 0 aliphatic rings. The first kappa shape index (κ1) is 13.5. The van der Waals surface area contributed by atoms with Gasteiger partial charge in [-0.1, -0.05) is 12.1 Å². The van der Waals surface area contributed by atoms with E-state index in [1.165, 1.54) is 11.8 Å². The van der Waals surface area contributed by atoms with Crippen molar-refractivity contribution in [2.75, 3.05) is 13.7 Å². The molecule has 1 rings (SSSR count). The molecule has 0 spiro atoms. The van der Waals surface area contributed by atoms with Crippen LogP contribution in [0.25, 0.3) is 0 Å². The molecule has 1 unspecified atom stereocenters. The Morgan fingerprint density at radius 3 is 2.71 bits per heavy atom. The molecule has 1 atom stereocenters. The molecule has 0 aliphatic carbocycles. The maximum atomic E-state index is 12.9. The zero-order valence-corrected chi connectivity index (χ0v) is 9.73. The van der Waals surface area contributed by atoms with Crippen LogP contribution in [0.15, 0.2) is 0 Å². The Bertz CT molecular complexity index is 400.